The summed E-state index contributed by atoms with van der Waals surface area (Å²) in [7, 11) is 3.23. The van der Waals surface area contributed by atoms with Crippen molar-refractivity contribution in [1.29, 1.82) is 0 Å². The first-order valence-corrected chi connectivity index (χ1v) is 6.31. The SMILES string of the molecule is CNC(=O)CCOCOCCOCCOCCOC. The van der Waals surface area contributed by atoms with Crippen LogP contribution in [-0.4, -0.2) is 73.1 Å². The summed E-state index contributed by atoms with van der Waals surface area (Å²) in [5, 5.41) is 2.51. The molecular weight excluding hydrogens is 254 g/mol. The average molecular weight is 279 g/mol. The van der Waals surface area contributed by atoms with Crippen LogP contribution in [0.15, 0.2) is 0 Å². The molecule has 19 heavy (non-hydrogen) atoms. The number of nitrogens with one attached hydrogen (secondary N) is 1. The van der Waals surface area contributed by atoms with Crippen LogP contribution in [0.25, 0.3) is 0 Å². The van der Waals surface area contributed by atoms with Crippen molar-refractivity contribution in [1.82, 2.24) is 5.32 Å². The van der Waals surface area contributed by atoms with Crippen molar-refractivity contribution in [2.75, 3.05) is 67.2 Å². The topological polar surface area (TPSA) is 75.3 Å². The Labute approximate surface area is 114 Å². The molecule has 1 N–H and O–H groups in total. The average Bonchev–Trinajstić information content (AvgIpc) is 2.43. The van der Waals surface area contributed by atoms with Crippen LogP contribution in [0, 0.1) is 0 Å². The number of methoxy groups -OCH3 is 1. The molecule has 0 unspecified atom stereocenters. The van der Waals surface area contributed by atoms with E-state index in [9.17, 15) is 4.79 Å². The van der Waals surface area contributed by atoms with Crippen LogP contribution in [-0.2, 0) is 28.5 Å². The van der Waals surface area contributed by atoms with E-state index in [1.165, 1.54) is 0 Å². The highest BCUT2D eigenvalue weighted by molar-refractivity contribution is 5.75. The van der Waals surface area contributed by atoms with Gasteiger partial charge in [0, 0.05) is 14.2 Å². The van der Waals surface area contributed by atoms with Crippen LogP contribution in [0.3, 0.4) is 0 Å². The largest absolute Gasteiger partial charge is 0.382 e. The van der Waals surface area contributed by atoms with Gasteiger partial charge in [-0.05, 0) is 0 Å². The minimum absolute atomic E-state index is 0.0446. The highest BCUT2D eigenvalue weighted by Crippen LogP contribution is 1.85. The van der Waals surface area contributed by atoms with E-state index in [0.717, 1.165) is 0 Å². The van der Waals surface area contributed by atoms with Gasteiger partial charge >= 0.3 is 0 Å². The molecule has 0 heterocycles. The number of carbonyl (C=O) groups excluding carboxylic acids is 1. The van der Waals surface area contributed by atoms with Crippen LogP contribution in [0.4, 0.5) is 0 Å². The molecule has 0 aliphatic rings. The smallest absolute Gasteiger partial charge is 0.222 e. The minimum atomic E-state index is -0.0446. The molecule has 0 atom stereocenters. The van der Waals surface area contributed by atoms with Crippen molar-refractivity contribution in [3.05, 3.63) is 0 Å². The van der Waals surface area contributed by atoms with Crippen LogP contribution >= 0.6 is 0 Å². The Bertz CT molecular complexity index is 203. The lowest BCUT2D eigenvalue weighted by Crippen LogP contribution is -2.19. The highest BCUT2D eigenvalue weighted by atomic mass is 16.7. The molecule has 0 rings (SSSR count). The lowest BCUT2D eigenvalue weighted by Gasteiger charge is -2.07. The Morgan fingerprint density at radius 1 is 0.842 bits per heavy atom. The number of carbonyl (C=O) groups is 1. The fourth-order valence-electron chi connectivity index (χ4n) is 1.05. The molecule has 0 fully saturated rings. The molecule has 0 aromatic rings. The van der Waals surface area contributed by atoms with E-state index >= 15 is 0 Å². The molecule has 0 aliphatic carbocycles. The zero-order valence-electron chi connectivity index (χ0n) is 11.8. The molecule has 0 radical (unpaired) electrons. The van der Waals surface area contributed by atoms with E-state index in [-0.39, 0.29) is 12.7 Å². The van der Waals surface area contributed by atoms with E-state index in [4.69, 9.17) is 23.7 Å². The van der Waals surface area contributed by atoms with Crippen LogP contribution in [0.2, 0.25) is 0 Å². The van der Waals surface area contributed by atoms with Crippen LogP contribution < -0.4 is 5.32 Å². The van der Waals surface area contributed by atoms with Crippen molar-refractivity contribution in [2.24, 2.45) is 0 Å². The molecule has 0 spiro atoms. The summed E-state index contributed by atoms with van der Waals surface area (Å²) in [6.07, 6.45) is 0.342. The second-order valence-electron chi connectivity index (χ2n) is 3.58. The first-order chi connectivity index (χ1) is 9.31. The second kappa shape index (κ2) is 15.3. The monoisotopic (exact) mass is 279 g/mol. The van der Waals surface area contributed by atoms with Crippen molar-refractivity contribution < 1.29 is 28.5 Å². The van der Waals surface area contributed by atoms with Gasteiger partial charge < -0.3 is 29.0 Å². The molecule has 1 amide bonds. The Hall–Kier alpha value is -0.730. The van der Waals surface area contributed by atoms with Crippen LogP contribution in [0.1, 0.15) is 6.42 Å². The maximum absolute atomic E-state index is 10.8. The van der Waals surface area contributed by atoms with Crippen molar-refractivity contribution in [2.45, 2.75) is 6.42 Å². The van der Waals surface area contributed by atoms with Gasteiger partial charge in [0.25, 0.3) is 0 Å². The van der Waals surface area contributed by atoms with Crippen LogP contribution in [0.5, 0.6) is 0 Å². The summed E-state index contributed by atoms with van der Waals surface area (Å²) >= 11 is 0. The summed E-state index contributed by atoms with van der Waals surface area (Å²) in [6.45, 7) is 3.73. The number of hydrogen-bond donors (Lipinski definition) is 1. The van der Waals surface area contributed by atoms with Gasteiger partial charge in [-0.15, -0.1) is 0 Å². The van der Waals surface area contributed by atoms with Gasteiger partial charge in [0.15, 0.2) is 0 Å². The zero-order chi connectivity index (χ0) is 14.2. The molecule has 0 aliphatic heterocycles. The van der Waals surface area contributed by atoms with E-state index in [2.05, 4.69) is 5.32 Å². The predicted octanol–water partition coefficient (Wildman–Crippen LogP) is -0.207. The molecule has 0 aromatic carbocycles. The zero-order valence-corrected chi connectivity index (χ0v) is 11.8. The normalized spacial score (nSPS) is 10.6. The molecular formula is C12H25NO6. The summed E-state index contributed by atoms with van der Waals surface area (Å²) in [5.41, 5.74) is 0. The van der Waals surface area contributed by atoms with Gasteiger partial charge in [0.1, 0.15) is 6.79 Å². The van der Waals surface area contributed by atoms with Gasteiger partial charge in [-0.3, -0.25) is 4.79 Å². The van der Waals surface area contributed by atoms with Gasteiger partial charge in [0.05, 0.1) is 52.7 Å². The molecule has 0 saturated heterocycles. The summed E-state index contributed by atoms with van der Waals surface area (Å²) in [5.74, 6) is -0.0446. The van der Waals surface area contributed by atoms with E-state index in [0.29, 0.717) is 52.7 Å². The van der Waals surface area contributed by atoms with Crippen molar-refractivity contribution in [3.63, 3.8) is 0 Å². The lowest BCUT2D eigenvalue weighted by atomic mass is 10.4. The number of amides is 1. The third-order valence-corrected chi connectivity index (χ3v) is 2.09. The summed E-state index contributed by atoms with van der Waals surface area (Å²) in [4.78, 5) is 10.8. The fraction of sp³-hybridized carbons (Fsp3) is 0.917. The Morgan fingerprint density at radius 3 is 1.95 bits per heavy atom. The van der Waals surface area contributed by atoms with Gasteiger partial charge in [-0.25, -0.2) is 0 Å². The fourth-order valence-corrected chi connectivity index (χ4v) is 1.05. The molecule has 0 bridgehead atoms. The van der Waals surface area contributed by atoms with Gasteiger partial charge in [0.2, 0.25) is 5.91 Å². The third kappa shape index (κ3) is 15.2. The first-order valence-electron chi connectivity index (χ1n) is 6.31. The number of hydrogen-bond acceptors (Lipinski definition) is 6. The molecule has 114 valence electrons. The van der Waals surface area contributed by atoms with Crippen molar-refractivity contribution >= 4 is 5.91 Å². The molecule has 0 aromatic heterocycles. The Balaban J connectivity index is 2.97. The molecule has 7 nitrogen and oxygen atoms in total. The van der Waals surface area contributed by atoms with Gasteiger partial charge in [-0.1, -0.05) is 0 Å². The van der Waals surface area contributed by atoms with E-state index in [1.807, 2.05) is 0 Å². The summed E-state index contributed by atoms with van der Waals surface area (Å²) < 4.78 is 25.6. The lowest BCUT2D eigenvalue weighted by molar-refractivity contribution is -0.123. The Kier molecular flexibility index (Phi) is 14.7. The highest BCUT2D eigenvalue weighted by Gasteiger charge is 1.97. The quantitative estimate of drug-likeness (QED) is 0.350. The number of rotatable bonds is 14. The minimum Gasteiger partial charge on any atom is -0.382 e. The number of ether oxygens (including phenoxy) is 5. The second-order valence-corrected chi connectivity index (χ2v) is 3.58. The standard InChI is InChI=1S/C12H25NO6/c1-13-12(14)3-4-18-11-19-10-9-17-8-7-16-6-5-15-2/h3-11H2,1-2H3,(H,13,14). The van der Waals surface area contributed by atoms with Crippen molar-refractivity contribution in [3.8, 4) is 0 Å². The molecule has 7 heteroatoms. The van der Waals surface area contributed by atoms with E-state index in [1.54, 1.807) is 14.2 Å². The molecule has 0 saturated carbocycles. The third-order valence-electron chi connectivity index (χ3n) is 2.09. The first kappa shape index (κ1) is 18.3. The summed E-state index contributed by atoms with van der Waals surface area (Å²) in [6, 6.07) is 0. The Morgan fingerprint density at radius 2 is 1.37 bits per heavy atom. The van der Waals surface area contributed by atoms with E-state index < -0.39 is 0 Å². The van der Waals surface area contributed by atoms with Gasteiger partial charge in [-0.2, -0.15) is 0 Å². The predicted molar refractivity (Wildman–Crippen MR) is 69.0 cm³/mol. The maximum Gasteiger partial charge on any atom is 0.222 e. The maximum atomic E-state index is 10.8.